The lowest BCUT2D eigenvalue weighted by molar-refractivity contribution is -0.384. The number of carbonyl (C=O) groups excluding carboxylic acids is 1. The van der Waals surface area contributed by atoms with Crippen molar-refractivity contribution >= 4 is 11.6 Å². The first kappa shape index (κ1) is 18.1. The summed E-state index contributed by atoms with van der Waals surface area (Å²) in [6, 6.07) is 22.8. The van der Waals surface area contributed by atoms with Gasteiger partial charge in [-0.15, -0.1) is 0 Å². The predicted molar refractivity (Wildman–Crippen MR) is 101 cm³/mol. The Morgan fingerprint density at radius 2 is 1.63 bits per heavy atom. The molecule has 0 heterocycles. The van der Waals surface area contributed by atoms with Crippen molar-refractivity contribution in [3.05, 3.63) is 106 Å². The summed E-state index contributed by atoms with van der Waals surface area (Å²) in [5, 5.41) is 13.7. The first-order valence-corrected chi connectivity index (χ1v) is 8.41. The minimum Gasteiger partial charge on any atom is -0.488 e. The van der Waals surface area contributed by atoms with Gasteiger partial charge in [-0.2, -0.15) is 0 Å². The number of non-ortho nitro benzene ring substituents is 1. The van der Waals surface area contributed by atoms with Crippen molar-refractivity contribution in [1.82, 2.24) is 5.32 Å². The molecule has 0 spiro atoms. The second-order valence-corrected chi connectivity index (χ2v) is 5.88. The van der Waals surface area contributed by atoms with Gasteiger partial charge < -0.3 is 10.1 Å². The lowest BCUT2D eigenvalue weighted by atomic mass is 10.1. The highest BCUT2D eigenvalue weighted by atomic mass is 16.6. The smallest absolute Gasteiger partial charge is 0.269 e. The van der Waals surface area contributed by atoms with Gasteiger partial charge in [0.25, 0.3) is 11.6 Å². The molecule has 0 aromatic heterocycles. The minimum absolute atomic E-state index is 0.00462. The van der Waals surface area contributed by atoms with Gasteiger partial charge in [0.1, 0.15) is 12.4 Å². The van der Waals surface area contributed by atoms with E-state index in [4.69, 9.17) is 4.74 Å². The Bertz CT molecular complexity index is 942. The lowest BCUT2D eigenvalue weighted by Crippen LogP contribution is -2.23. The van der Waals surface area contributed by atoms with Crippen LogP contribution in [0.3, 0.4) is 0 Å². The van der Waals surface area contributed by atoms with E-state index in [0.717, 1.165) is 5.56 Å². The number of hydrogen-bond donors (Lipinski definition) is 1. The molecule has 0 aliphatic carbocycles. The molecule has 0 aliphatic heterocycles. The normalized spacial score (nSPS) is 10.2. The maximum Gasteiger partial charge on any atom is 0.269 e. The van der Waals surface area contributed by atoms with E-state index in [0.29, 0.717) is 23.4 Å². The number of nitro groups is 1. The molecule has 0 radical (unpaired) electrons. The molecule has 27 heavy (non-hydrogen) atoms. The molecule has 0 bridgehead atoms. The van der Waals surface area contributed by atoms with E-state index >= 15 is 0 Å². The van der Waals surface area contributed by atoms with Gasteiger partial charge in [0.2, 0.25) is 0 Å². The molecule has 0 fully saturated rings. The summed E-state index contributed by atoms with van der Waals surface area (Å²) in [5.74, 6) is 0.183. The van der Waals surface area contributed by atoms with Crippen LogP contribution in [0.5, 0.6) is 5.75 Å². The Hall–Kier alpha value is -3.67. The summed E-state index contributed by atoms with van der Waals surface area (Å²) in [7, 11) is 0. The van der Waals surface area contributed by atoms with Crippen LogP contribution >= 0.6 is 0 Å². The highest BCUT2D eigenvalue weighted by molar-refractivity contribution is 5.96. The average Bonchev–Trinajstić information content (AvgIpc) is 2.71. The van der Waals surface area contributed by atoms with Crippen LogP contribution in [0.25, 0.3) is 0 Å². The third kappa shape index (κ3) is 4.92. The fourth-order valence-electron chi connectivity index (χ4n) is 2.57. The summed E-state index contributed by atoms with van der Waals surface area (Å²) >= 11 is 0. The molecule has 3 rings (SSSR count). The van der Waals surface area contributed by atoms with Crippen molar-refractivity contribution in [1.29, 1.82) is 0 Å². The third-order valence-corrected chi connectivity index (χ3v) is 3.94. The van der Waals surface area contributed by atoms with Gasteiger partial charge in [0.15, 0.2) is 0 Å². The lowest BCUT2D eigenvalue weighted by Gasteiger charge is -2.12. The predicted octanol–water partition coefficient (Wildman–Crippen LogP) is 4.10. The van der Waals surface area contributed by atoms with E-state index < -0.39 is 4.92 Å². The molecule has 1 N–H and O–H groups in total. The molecule has 6 nitrogen and oxygen atoms in total. The second-order valence-electron chi connectivity index (χ2n) is 5.88. The monoisotopic (exact) mass is 362 g/mol. The van der Waals surface area contributed by atoms with Crippen LogP contribution in [0.2, 0.25) is 0 Å². The van der Waals surface area contributed by atoms with Crippen molar-refractivity contribution in [3.8, 4) is 5.75 Å². The van der Waals surface area contributed by atoms with Crippen LogP contribution in [0.15, 0.2) is 78.9 Å². The van der Waals surface area contributed by atoms with Crippen molar-refractivity contribution in [3.63, 3.8) is 0 Å². The number of ether oxygens (including phenoxy) is 1. The Morgan fingerprint density at radius 1 is 0.926 bits per heavy atom. The zero-order chi connectivity index (χ0) is 19.1. The molecule has 0 aliphatic rings. The summed E-state index contributed by atoms with van der Waals surface area (Å²) in [4.78, 5) is 22.9. The molecular formula is C21H18N2O4. The van der Waals surface area contributed by atoms with Gasteiger partial charge in [0, 0.05) is 18.7 Å². The summed E-state index contributed by atoms with van der Waals surface area (Å²) in [6.45, 7) is 0.545. The van der Waals surface area contributed by atoms with Crippen LogP contribution in [-0.2, 0) is 13.2 Å². The van der Waals surface area contributed by atoms with Crippen LogP contribution < -0.4 is 10.1 Å². The van der Waals surface area contributed by atoms with Gasteiger partial charge in [-0.25, -0.2) is 0 Å². The van der Waals surface area contributed by atoms with E-state index in [1.807, 2.05) is 30.3 Å². The Morgan fingerprint density at radius 3 is 2.41 bits per heavy atom. The number of para-hydroxylation sites is 1. The fourth-order valence-corrected chi connectivity index (χ4v) is 2.57. The van der Waals surface area contributed by atoms with E-state index in [-0.39, 0.29) is 18.2 Å². The van der Waals surface area contributed by atoms with Crippen molar-refractivity contribution < 1.29 is 14.5 Å². The number of amides is 1. The van der Waals surface area contributed by atoms with Gasteiger partial charge >= 0.3 is 0 Å². The van der Waals surface area contributed by atoms with Gasteiger partial charge in [0.05, 0.1) is 10.5 Å². The molecule has 3 aromatic carbocycles. The zero-order valence-corrected chi connectivity index (χ0v) is 14.5. The first-order valence-electron chi connectivity index (χ1n) is 8.41. The molecular weight excluding hydrogens is 344 g/mol. The van der Waals surface area contributed by atoms with Crippen LogP contribution in [-0.4, -0.2) is 10.8 Å². The quantitative estimate of drug-likeness (QED) is 0.507. The number of nitrogens with one attached hydrogen (secondary N) is 1. The Kier molecular flexibility index (Phi) is 5.79. The molecule has 6 heteroatoms. The van der Waals surface area contributed by atoms with Gasteiger partial charge in [-0.1, -0.05) is 54.6 Å². The maximum atomic E-state index is 12.5. The van der Waals surface area contributed by atoms with Crippen LogP contribution in [0.1, 0.15) is 21.5 Å². The van der Waals surface area contributed by atoms with Crippen LogP contribution in [0.4, 0.5) is 5.69 Å². The van der Waals surface area contributed by atoms with Gasteiger partial charge in [-0.3, -0.25) is 14.9 Å². The molecule has 3 aromatic rings. The molecule has 136 valence electrons. The highest BCUT2D eigenvalue weighted by Gasteiger charge is 2.13. The Balaban J connectivity index is 1.67. The maximum absolute atomic E-state index is 12.5. The van der Waals surface area contributed by atoms with Crippen LogP contribution in [0, 0.1) is 10.1 Å². The summed E-state index contributed by atoms with van der Waals surface area (Å²) in [5.41, 5.74) is 2.08. The largest absolute Gasteiger partial charge is 0.488 e. The molecule has 0 saturated heterocycles. The number of carbonyl (C=O) groups is 1. The number of hydrogen-bond acceptors (Lipinski definition) is 4. The first-order chi connectivity index (χ1) is 13.1. The van der Waals surface area contributed by atoms with Crippen molar-refractivity contribution in [2.45, 2.75) is 13.2 Å². The molecule has 1 amide bonds. The number of benzene rings is 3. The van der Waals surface area contributed by atoms with E-state index in [2.05, 4.69) is 5.32 Å². The standard InChI is InChI=1S/C21H18N2O4/c24-21(22-14-16-7-2-1-3-8-16)19-11-4-5-12-20(19)27-15-17-9-6-10-18(13-17)23(25)26/h1-13H,14-15H2,(H,22,24). The number of rotatable bonds is 7. The van der Waals surface area contributed by atoms with Crippen molar-refractivity contribution in [2.24, 2.45) is 0 Å². The Labute approximate surface area is 156 Å². The SMILES string of the molecule is O=C(NCc1ccccc1)c1ccccc1OCc1cccc([N+](=O)[O-])c1. The van der Waals surface area contributed by atoms with Crippen molar-refractivity contribution in [2.75, 3.05) is 0 Å². The molecule has 0 saturated carbocycles. The zero-order valence-electron chi connectivity index (χ0n) is 14.5. The highest BCUT2D eigenvalue weighted by Crippen LogP contribution is 2.21. The average molecular weight is 362 g/mol. The fraction of sp³-hybridized carbons (Fsp3) is 0.0952. The number of nitrogens with zero attached hydrogens (tertiary/aromatic N) is 1. The van der Waals surface area contributed by atoms with E-state index in [1.165, 1.54) is 12.1 Å². The third-order valence-electron chi connectivity index (χ3n) is 3.94. The summed E-state index contributed by atoms with van der Waals surface area (Å²) < 4.78 is 5.75. The molecule has 0 atom stereocenters. The number of nitro benzene ring substituents is 1. The molecule has 0 unspecified atom stereocenters. The van der Waals surface area contributed by atoms with E-state index in [9.17, 15) is 14.9 Å². The minimum atomic E-state index is -0.450. The van der Waals surface area contributed by atoms with E-state index in [1.54, 1.807) is 36.4 Å². The summed E-state index contributed by atoms with van der Waals surface area (Å²) in [6.07, 6.45) is 0. The second kappa shape index (κ2) is 8.62. The topological polar surface area (TPSA) is 81.5 Å². The van der Waals surface area contributed by atoms with Gasteiger partial charge in [-0.05, 0) is 23.3 Å².